The number of esters is 1. The average Bonchev–Trinajstić information content (AvgIpc) is 2.79. The van der Waals surface area contributed by atoms with E-state index in [-0.39, 0.29) is 5.75 Å². The molecule has 3 aromatic carbocycles. The molecule has 2 N–H and O–H groups in total. The smallest absolute Gasteiger partial charge is 0.343 e. The highest BCUT2D eigenvalue weighted by molar-refractivity contribution is 9.10. The molecule has 0 aliphatic carbocycles. The number of rotatable bonds is 6. The summed E-state index contributed by atoms with van der Waals surface area (Å²) >= 11 is 3.31. The Morgan fingerprint density at radius 3 is 2.45 bits per heavy atom. The summed E-state index contributed by atoms with van der Waals surface area (Å²) < 4.78 is 11.5. The van der Waals surface area contributed by atoms with Gasteiger partial charge in [-0.15, -0.1) is 0 Å². The predicted octanol–water partition coefficient (Wildman–Crippen LogP) is 4.07. The second-order valence-corrected chi connectivity index (χ2v) is 7.75. The Labute approximate surface area is 198 Å². The van der Waals surface area contributed by atoms with Crippen LogP contribution in [0, 0.1) is 6.92 Å². The molecule has 0 fully saturated rings. The number of hydrogen-bond donors (Lipinski definition) is 2. The molecule has 8 nitrogen and oxygen atoms in total. The van der Waals surface area contributed by atoms with Crippen LogP contribution in [0.15, 0.2) is 76.3 Å². The van der Waals surface area contributed by atoms with Gasteiger partial charge in [-0.1, -0.05) is 34.1 Å². The summed E-state index contributed by atoms with van der Waals surface area (Å²) in [5.74, 6) is -1.78. The highest BCUT2D eigenvalue weighted by atomic mass is 79.9. The summed E-state index contributed by atoms with van der Waals surface area (Å²) in [5, 5.41) is 6.29. The fourth-order valence-electron chi connectivity index (χ4n) is 2.75. The first-order chi connectivity index (χ1) is 15.9. The number of methoxy groups -OCH3 is 1. The molecule has 0 heterocycles. The van der Waals surface area contributed by atoms with Crippen LogP contribution in [0.4, 0.5) is 5.69 Å². The summed E-state index contributed by atoms with van der Waals surface area (Å²) in [6.45, 7) is 1.88. The van der Waals surface area contributed by atoms with Gasteiger partial charge in [0, 0.05) is 10.2 Å². The van der Waals surface area contributed by atoms with Gasteiger partial charge >= 0.3 is 17.8 Å². The Hall–Kier alpha value is -3.98. The second kappa shape index (κ2) is 11.1. The van der Waals surface area contributed by atoms with E-state index >= 15 is 0 Å². The molecular weight excluding hydrogens is 490 g/mol. The molecule has 3 rings (SSSR count). The Morgan fingerprint density at radius 2 is 1.73 bits per heavy atom. The summed E-state index contributed by atoms with van der Waals surface area (Å²) in [4.78, 5) is 36.3. The maximum absolute atomic E-state index is 12.4. The van der Waals surface area contributed by atoms with Gasteiger partial charge in [-0.25, -0.2) is 10.2 Å². The lowest BCUT2D eigenvalue weighted by Gasteiger charge is -2.10. The maximum Gasteiger partial charge on any atom is 0.343 e. The number of aryl methyl sites for hydroxylation is 1. The number of anilines is 1. The van der Waals surface area contributed by atoms with Crippen molar-refractivity contribution < 1.29 is 23.9 Å². The topological polar surface area (TPSA) is 106 Å². The van der Waals surface area contributed by atoms with Gasteiger partial charge in [0.05, 0.1) is 18.9 Å². The van der Waals surface area contributed by atoms with Crippen molar-refractivity contribution in [3.8, 4) is 11.5 Å². The average molecular weight is 510 g/mol. The molecule has 0 spiro atoms. The van der Waals surface area contributed by atoms with E-state index in [2.05, 4.69) is 31.8 Å². The molecule has 0 saturated carbocycles. The number of halogens is 1. The number of hydrazone groups is 1. The zero-order valence-corrected chi connectivity index (χ0v) is 19.4. The number of nitrogens with zero attached hydrogens (tertiary/aromatic N) is 1. The SMILES string of the molecule is COc1cc(/C=N/NC(=O)C(=O)Nc2cccc(C)c2)ccc1OC(=O)c1cccc(Br)c1. The van der Waals surface area contributed by atoms with Crippen molar-refractivity contribution in [1.29, 1.82) is 0 Å². The number of ether oxygens (including phenoxy) is 2. The third-order valence-corrected chi connectivity index (χ3v) is 4.81. The van der Waals surface area contributed by atoms with Gasteiger partial charge in [-0.3, -0.25) is 9.59 Å². The molecule has 0 aliphatic heterocycles. The normalized spacial score (nSPS) is 10.5. The van der Waals surface area contributed by atoms with E-state index in [1.165, 1.54) is 13.3 Å². The van der Waals surface area contributed by atoms with Crippen LogP contribution in [0.2, 0.25) is 0 Å². The van der Waals surface area contributed by atoms with E-state index in [0.29, 0.717) is 22.6 Å². The largest absolute Gasteiger partial charge is 0.493 e. The molecule has 168 valence electrons. The number of benzene rings is 3. The van der Waals surface area contributed by atoms with Crippen LogP contribution in [0.1, 0.15) is 21.5 Å². The van der Waals surface area contributed by atoms with Crippen molar-refractivity contribution in [2.45, 2.75) is 6.92 Å². The van der Waals surface area contributed by atoms with Gasteiger partial charge in [-0.2, -0.15) is 5.10 Å². The van der Waals surface area contributed by atoms with E-state index < -0.39 is 17.8 Å². The van der Waals surface area contributed by atoms with E-state index in [1.807, 2.05) is 13.0 Å². The van der Waals surface area contributed by atoms with Crippen LogP contribution in [0.25, 0.3) is 0 Å². The molecule has 33 heavy (non-hydrogen) atoms. The number of carbonyl (C=O) groups excluding carboxylic acids is 3. The molecule has 0 unspecified atom stereocenters. The molecule has 9 heteroatoms. The molecular formula is C24H20BrN3O5. The Bertz CT molecular complexity index is 1230. The van der Waals surface area contributed by atoms with E-state index in [1.54, 1.807) is 60.7 Å². The summed E-state index contributed by atoms with van der Waals surface area (Å²) in [6.07, 6.45) is 1.33. The quantitative estimate of drug-likeness (QED) is 0.171. The van der Waals surface area contributed by atoms with Gasteiger partial charge in [-0.05, 0) is 66.6 Å². The minimum atomic E-state index is -0.917. The van der Waals surface area contributed by atoms with Crippen molar-refractivity contribution in [2.75, 3.05) is 12.4 Å². The van der Waals surface area contributed by atoms with Crippen LogP contribution in [-0.2, 0) is 9.59 Å². The monoisotopic (exact) mass is 509 g/mol. The van der Waals surface area contributed by atoms with Crippen LogP contribution >= 0.6 is 15.9 Å². The lowest BCUT2D eigenvalue weighted by Crippen LogP contribution is -2.32. The lowest BCUT2D eigenvalue weighted by molar-refractivity contribution is -0.136. The first-order valence-corrected chi connectivity index (χ1v) is 10.5. The van der Waals surface area contributed by atoms with Crippen LogP contribution in [-0.4, -0.2) is 31.1 Å². The van der Waals surface area contributed by atoms with E-state index in [0.717, 1.165) is 10.0 Å². The van der Waals surface area contributed by atoms with Crippen LogP contribution in [0.5, 0.6) is 11.5 Å². The number of amides is 2. The number of carbonyl (C=O) groups is 3. The van der Waals surface area contributed by atoms with Crippen molar-refractivity contribution >= 4 is 45.6 Å². The molecule has 3 aromatic rings. The van der Waals surface area contributed by atoms with Crippen LogP contribution in [0.3, 0.4) is 0 Å². The molecule has 0 radical (unpaired) electrons. The number of hydrogen-bond acceptors (Lipinski definition) is 6. The first-order valence-electron chi connectivity index (χ1n) is 9.72. The molecule has 2 amide bonds. The molecule has 0 bridgehead atoms. The van der Waals surface area contributed by atoms with Gasteiger partial charge in [0.1, 0.15) is 0 Å². The highest BCUT2D eigenvalue weighted by Crippen LogP contribution is 2.28. The summed E-state index contributed by atoms with van der Waals surface area (Å²) in [7, 11) is 1.43. The Kier molecular flexibility index (Phi) is 7.93. The highest BCUT2D eigenvalue weighted by Gasteiger charge is 2.14. The van der Waals surface area contributed by atoms with E-state index in [4.69, 9.17) is 9.47 Å². The molecule has 0 aromatic heterocycles. The zero-order valence-electron chi connectivity index (χ0n) is 17.8. The zero-order chi connectivity index (χ0) is 23.8. The van der Waals surface area contributed by atoms with Crippen molar-refractivity contribution in [2.24, 2.45) is 5.10 Å². The fourth-order valence-corrected chi connectivity index (χ4v) is 3.15. The lowest BCUT2D eigenvalue weighted by atomic mass is 10.2. The molecule has 0 saturated heterocycles. The first kappa shape index (κ1) is 23.7. The molecule has 0 aliphatic rings. The number of nitrogens with one attached hydrogen (secondary N) is 2. The van der Waals surface area contributed by atoms with Gasteiger partial charge in [0.15, 0.2) is 11.5 Å². The molecule has 0 atom stereocenters. The minimum absolute atomic E-state index is 0.223. The summed E-state index contributed by atoms with van der Waals surface area (Å²) in [6, 6.07) is 18.6. The fraction of sp³-hybridized carbons (Fsp3) is 0.0833. The van der Waals surface area contributed by atoms with Crippen molar-refractivity contribution in [3.05, 3.63) is 87.9 Å². The Balaban J connectivity index is 1.61. The Morgan fingerprint density at radius 1 is 0.939 bits per heavy atom. The minimum Gasteiger partial charge on any atom is -0.493 e. The van der Waals surface area contributed by atoms with Crippen molar-refractivity contribution in [1.82, 2.24) is 5.43 Å². The van der Waals surface area contributed by atoms with E-state index in [9.17, 15) is 14.4 Å². The second-order valence-electron chi connectivity index (χ2n) is 6.83. The third-order valence-electron chi connectivity index (χ3n) is 4.31. The predicted molar refractivity (Wildman–Crippen MR) is 128 cm³/mol. The van der Waals surface area contributed by atoms with Crippen molar-refractivity contribution in [3.63, 3.8) is 0 Å². The third kappa shape index (κ3) is 6.75. The van der Waals surface area contributed by atoms with Gasteiger partial charge < -0.3 is 14.8 Å². The van der Waals surface area contributed by atoms with Crippen LogP contribution < -0.4 is 20.2 Å². The summed E-state index contributed by atoms with van der Waals surface area (Å²) in [5.41, 5.74) is 4.55. The standard InChI is InChI=1S/C24H20BrN3O5/c1-15-5-3-8-19(11-15)27-22(29)23(30)28-26-14-16-9-10-20(21(12-16)32-2)33-24(31)17-6-4-7-18(25)13-17/h3-14H,1-2H3,(H,27,29)(H,28,30)/b26-14+. The van der Waals surface area contributed by atoms with Gasteiger partial charge in [0.2, 0.25) is 0 Å². The maximum atomic E-state index is 12.4. The van der Waals surface area contributed by atoms with Gasteiger partial charge in [0.25, 0.3) is 0 Å².